The van der Waals surface area contributed by atoms with Crippen molar-refractivity contribution in [2.45, 2.75) is 65.2 Å². The largest absolute Gasteiger partial charge is 0.361 e. The highest BCUT2D eigenvalue weighted by Gasteiger charge is 2.26. The number of likely N-dealkylation sites (tertiary alicyclic amines) is 1. The van der Waals surface area contributed by atoms with Gasteiger partial charge in [-0.05, 0) is 101 Å². The number of nitrogens with one attached hydrogen (secondary N) is 1. The van der Waals surface area contributed by atoms with Crippen LogP contribution in [0.4, 0.5) is 0 Å². The van der Waals surface area contributed by atoms with E-state index in [1.807, 2.05) is 46.3 Å². The summed E-state index contributed by atoms with van der Waals surface area (Å²) in [4.78, 5) is 40.2. The van der Waals surface area contributed by atoms with Crippen molar-refractivity contribution in [1.82, 2.24) is 34.1 Å². The number of hydrogen-bond donors (Lipinski definition) is 1. The fourth-order valence-corrected chi connectivity index (χ4v) is 8.29. The molecular weight excluding hydrogens is 659 g/mol. The number of carbonyl (C=O) groups is 2. The number of nitrogens with zero attached hydrogens (tertiary/aromatic N) is 6. The average Bonchev–Trinajstić information content (AvgIpc) is 3.85. The van der Waals surface area contributed by atoms with E-state index >= 15 is 0 Å². The van der Waals surface area contributed by atoms with Gasteiger partial charge in [-0.1, -0.05) is 30.3 Å². The number of benzene rings is 3. The van der Waals surface area contributed by atoms with Gasteiger partial charge in [0.15, 0.2) is 0 Å². The molecule has 5 aromatic rings. The predicted octanol–water partition coefficient (Wildman–Crippen LogP) is 6.98. The Morgan fingerprint density at radius 3 is 1.91 bits per heavy atom. The van der Waals surface area contributed by atoms with Crippen LogP contribution < -0.4 is 0 Å². The molecule has 3 aromatic carbocycles. The van der Waals surface area contributed by atoms with E-state index in [9.17, 15) is 9.59 Å². The van der Waals surface area contributed by atoms with Crippen LogP contribution in [0.1, 0.15) is 72.9 Å². The van der Waals surface area contributed by atoms with E-state index < -0.39 is 0 Å². The summed E-state index contributed by atoms with van der Waals surface area (Å²) in [6, 6.07) is 28.7. The molecule has 53 heavy (non-hydrogen) atoms. The van der Waals surface area contributed by atoms with Gasteiger partial charge in [0.25, 0.3) is 11.8 Å². The summed E-state index contributed by atoms with van der Waals surface area (Å²) in [6.45, 7) is 19.2. The Morgan fingerprint density at radius 1 is 0.679 bits per heavy atom. The van der Waals surface area contributed by atoms with Crippen molar-refractivity contribution in [2.24, 2.45) is 0 Å². The summed E-state index contributed by atoms with van der Waals surface area (Å²) in [6.07, 6.45) is 6.54. The van der Waals surface area contributed by atoms with Crippen LogP contribution in [0.5, 0.6) is 0 Å². The van der Waals surface area contributed by atoms with Crippen molar-refractivity contribution in [3.8, 4) is 0 Å². The molecule has 2 aromatic heterocycles. The summed E-state index contributed by atoms with van der Waals surface area (Å²) in [5, 5.41) is 2.26. The Morgan fingerprint density at radius 2 is 1.28 bits per heavy atom. The average molecular weight is 716 g/mol. The molecule has 3 aliphatic heterocycles. The molecule has 8 rings (SSSR count). The summed E-state index contributed by atoms with van der Waals surface area (Å²) < 4.78 is 2.43. The summed E-state index contributed by atoms with van der Waals surface area (Å²) in [5.74, 6) is 0.316. The van der Waals surface area contributed by atoms with Crippen molar-refractivity contribution < 1.29 is 9.59 Å². The summed E-state index contributed by atoms with van der Waals surface area (Å²) in [5.41, 5.74) is 5.30. The van der Waals surface area contributed by atoms with Crippen LogP contribution in [0.3, 0.4) is 0 Å². The van der Waals surface area contributed by atoms with Crippen molar-refractivity contribution in [2.75, 3.05) is 65.4 Å². The van der Waals surface area contributed by atoms with E-state index in [0.29, 0.717) is 18.1 Å². The molecule has 3 fully saturated rings. The zero-order valence-corrected chi connectivity index (χ0v) is 32.1. The Hall–Kier alpha value is -4.44. The quantitative estimate of drug-likeness (QED) is 0.197. The summed E-state index contributed by atoms with van der Waals surface area (Å²) >= 11 is 0. The van der Waals surface area contributed by atoms with Gasteiger partial charge >= 0.3 is 0 Å². The second-order valence-electron chi connectivity index (χ2n) is 15.6. The van der Waals surface area contributed by atoms with Crippen molar-refractivity contribution in [1.29, 1.82) is 0 Å². The van der Waals surface area contributed by atoms with Gasteiger partial charge in [-0.2, -0.15) is 0 Å². The van der Waals surface area contributed by atoms with Gasteiger partial charge in [0.2, 0.25) is 0 Å². The van der Waals surface area contributed by atoms with Crippen LogP contribution in [-0.4, -0.2) is 123 Å². The lowest BCUT2D eigenvalue weighted by Gasteiger charge is -2.37. The normalized spacial score (nSPS) is 19.2. The second-order valence-corrected chi connectivity index (χ2v) is 15.6. The molecule has 280 valence electrons. The smallest absolute Gasteiger partial charge is 0.253 e. The topological polar surface area (TPSA) is 71.1 Å². The van der Waals surface area contributed by atoms with Crippen LogP contribution in [0, 0.1) is 0 Å². The van der Waals surface area contributed by atoms with Gasteiger partial charge in [0.1, 0.15) is 0 Å². The zero-order valence-electron chi connectivity index (χ0n) is 32.1. The highest BCUT2D eigenvalue weighted by atomic mass is 16.2. The molecule has 0 bridgehead atoms. The molecule has 3 aliphatic rings. The SMILES string of the molecule is CC(C)N1CCN(C(=O)c2ccc3[nH]ccc3c2)CC1.CC(C)N1CCN(C(=O)c2ccc3c(ccn3C3CCCN(Cc4ccccc4)C3)c2)CC1. The van der Waals surface area contributed by atoms with E-state index in [2.05, 4.69) is 107 Å². The molecule has 0 aliphatic carbocycles. The number of aromatic nitrogens is 2. The minimum Gasteiger partial charge on any atom is -0.361 e. The molecule has 0 saturated carbocycles. The number of H-pyrrole nitrogens is 1. The molecule has 1 unspecified atom stereocenters. The highest BCUT2D eigenvalue weighted by molar-refractivity contribution is 5.99. The third-order valence-corrected chi connectivity index (χ3v) is 11.6. The van der Waals surface area contributed by atoms with E-state index in [-0.39, 0.29) is 11.8 Å². The molecule has 3 saturated heterocycles. The van der Waals surface area contributed by atoms with Crippen LogP contribution in [0.15, 0.2) is 91.3 Å². The fraction of sp³-hybridized carbons (Fsp3) is 0.455. The number of hydrogen-bond acceptors (Lipinski definition) is 5. The molecule has 5 heterocycles. The first-order chi connectivity index (χ1) is 25.7. The maximum atomic E-state index is 13.1. The van der Waals surface area contributed by atoms with Crippen LogP contribution in [0.2, 0.25) is 0 Å². The number of piperazine rings is 2. The van der Waals surface area contributed by atoms with Gasteiger partial charge in [-0.3, -0.25) is 24.3 Å². The van der Waals surface area contributed by atoms with Crippen LogP contribution >= 0.6 is 0 Å². The van der Waals surface area contributed by atoms with Gasteiger partial charge < -0.3 is 19.4 Å². The van der Waals surface area contributed by atoms with Crippen molar-refractivity contribution in [3.63, 3.8) is 0 Å². The highest BCUT2D eigenvalue weighted by Crippen LogP contribution is 2.29. The lowest BCUT2D eigenvalue weighted by atomic mass is 10.0. The van der Waals surface area contributed by atoms with E-state index in [1.54, 1.807) is 0 Å². The maximum Gasteiger partial charge on any atom is 0.253 e. The third kappa shape index (κ3) is 8.69. The minimum absolute atomic E-state index is 0.150. The number of rotatable bonds is 7. The first-order valence-corrected chi connectivity index (χ1v) is 19.7. The van der Waals surface area contributed by atoms with Crippen molar-refractivity contribution in [3.05, 3.63) is 108 Å². The van der Waals surface area contributed by atoms with Gasteiger partial charge in [-0.25, -0.2) is 0 Å². The second kappa shape index (κ2) is 16.7. The summed E-state index contributed by atoms with van der Waals surface area (Å²) in [7, 11) is 0. The Bertz CT molecular complexity index is 1970. The molecule has 0 spiro atoms. The number of amides is 2. The third-order valence-electron chi connectivity index (χ3n) is 11.6. The van der Waals surface area contributed by atoms with E-state index in [4.69, 9.17) is 0 Å². The van der Waals surface area contributed by atoms with Gasteiger partial charge in [-0.15, -0.1) is 0 Å². The monoisotopic (exact) mass is 715 g/mol. The zero-order chi connectivity index (χ0) is 36.9. The maximum absolute atomic E-state index is 13.1. The number of carbonyl (C=O) groups excluding carboxylic acids is 2. The van der Waals surface area contributed by atoms with E-state index in [1.165, 1.54) is 29.3 Å². The van der Waals surface area contributed by atoms with Crippen molar-refractivity contribution >= 4 is 33.6 Å². The molecule has 2 amide bonds. The number of piperidine rings is 1. The van der Waals surface area contributed by atoms with Crippen LogP contribution in [-0.2, 0) is 6.54 Å². The number of aromatic amines is 1. The number of fused-ring (bicyclic) bond motifs is 2. The standard InChI is InChI=1S/C28H36N4O.C16H21N3O/c1-22(2)30-15-17-31(18-16-30)28(33)25-10-11-27-24(19-25)12-14-32(27)26-9-6-13-29(21-26)20-23-7-4-3-5-8-23;1-12(2)18-7-9-19(10-8-18)16(20)14-3-4-15-13(11-14)5-6-17-15/h3-5,7-8,10-12,14,19,22,26H,6,9,13,15-18,20-21H2,1-2H3;3-6,11-12,17H,7-10H2,1-2H3. The lowest BCUT2D eigenvalue weighted by Crippen LogP contribution is -2.50. The Balaban J connectivity index is 0.000000186. The lowest BCUT2D eigenvalue weighted by molar-refractivity contribution is 0.0590. The fourth-order valence-electron chi connectivity index (χ4n) is 8.29. The molecule has 1 N–H and O–H groups in total. The molecule has 1 atom stereocenters. The first kappa shape index (κ1) is 36.9. The molecular formula is C44H57N7O2. The minimum atomic E-state index is 0.150. The van der Waals surface area contributed by atoms with Crippen LogP contribution in [0.25, 0.3) is 21.8 Å². The first-order valence-electron chi connectivity index (χ1n) is 19.7. The molecule has 9 nitrogen and oxygen atoms in total. The Labute approximate surface area is 315 Å². The Kier molecular flexibility index (Phi) is 11.6. The van der Waals surface area contributed by atoms with Gasteiger partial charge in [0, 0.05) is 129 Å². The predicted molar refractivity (Wildman–Crippen MR) is 215 cm³/mol. The van der Waals surface area contributed by atoms with E-state index in [0.717, 1.165) is 94.0 Å². The molecule has 9 heteroatoms. The molecule has 0 radical (unpaired) electrons. The van der Waals surface area contributed by atoms with Gasteiger partial charge in [0.05, 0.1) is 0 Å².